The highest BCUT2D eigenvalue weighted by Gasteiger charge is 2.11. The van der Waals surface area contributed by atoms with Crippen LogP contribution in [0.3, 0.4) is 0 Å². The molecule has 0 aliphatic carbocycles. The van der Waals surface area contributed by atoms with E-state index in [0.717, 1.165) is 0 Å². The fraction of sp³-hybridized carbons (Fsp3) is 0.0714. The van der Waals surface area contributed by atoms with Gasteiger partial charge in [0.05, 0.1) is 0 Å². The first-order valence-electron chi connectivity index (χ1n) is 5.14. The minimum absolute atomic E-state index is 0.299. The van der Waals surface area contributed by atoms with Crippen molar-refractivity contribution in [3.8, 4) is 0 Å². The summed E-state index contributed by atoms with van der Waals surface area (Å²) in [7, 11) is 3.91. The van der Waals surface area contributed by atoms with Crippen molar-refractivity contribution in [2.24, 2.45) is 0 Å². The van der Waals surface area contributed by atoms with Gasteiger partial charge in [0.15, 0.2) is 0 Å². The van der Waals surface area contributed by atoms with Gasteiger partial charge in [-0.05, 0) is 0 Å². The molecule has 0 radical (unpaired) electrons. The average molecular weight is 197 g/mol. The Morgan fingerprint density at radius 3 is 1.47 bits per heavy atom. The summed E-state index contributed by atoms with van der Waals surface area (Å²) in [5.74, 6) is 0. The van der Waals surface area contributed by atoms with Gasteiger partial charge in [-0.2, -0.15) is 7.05 Å². The quantitative estimate of drug-likeness (QED) is 0.726. The normalized spacial score (nSPS) is 10.5. The minimum atomic E-state index is 0.299. The molecule has 0 saturated heterocycles. The summed E-state index contributed by atoms with van der Waals surface area (Å²) in [6.07, 6.45) is 0. The zero-order chi connectivity index (χ0) is 10.5. The summed E-state index contributed by atoms with van der Waals surface area (Å²) >= 11 is 0. The highest BCUT2D eigenvalue weighted by molar-refractivity contribution is 5.28. The van der Waals surface area contributed by atoms with Crippen molar-refractivity contribution in [1.29, 1.82) is 0 Å². The van der Waals surface area contributed by atoms with E-state index < -0.39 is 0 Å². The molecule has 0 unspecified atom stereocenters. The van der Waals surface area contributed by atoms with E-state index >= 15 is 0 Å². The van der Waals surface area contributed by atoms with Gasteiger partial charge in [-0.15, -0.1) is 0 Å². The molecule has 0 aliphatic rings. The second-order valence-electron chi connectivity index (χ2n) is 3.53. The molecule has 1 nitrogen and oxygen atoms in total. The molecule has 2 aromatic rings. The monoisotopic (exact) mass is 197 g/mol. The Labute approximate surface area is 90.8 Å². The Balaban J connectivity index is 2.34. The summed E-state index contributed by atoms with van der Waals surface area (Å²) in [5, 5.41) is 1.99. The predicted octanol–water partition coefficient (Wildman–Crippen LogP) is 2.13. The lowest BCUT2D eigenvalue weighted by Crippen LogP contribution is -2.78. The molecule has 0 bridgehead atoms. The van der Waals surface area contributed by atoms with Crippen LogP contribution in [0.2, 0.25) is 0 Å². The van der Waals surface area contributed by atoms with Gasteiger partial charge in [-0.3, -0.25) is 0 Å². The lowest BCUT2D eigenvalue weighted by molar-refractivity contribution is -0.630. The molecule has 0 fully saturated rings. The van der Waals surface area contributed by atoms with E-state index in [9.17, 15) is 0 Å². The Morgan fingerprint density at radius 1 is 0.733 bits per heavy atom. The maximum Gasteiger partial charge on any atom is 0.113 e. The number of quaternary nitrogens is 1. The van der Waals surface area contributed by atoms with Crippen molar-refractivity contribution in [1.82, 2.24) is 0 Å². The summed E-state index contributed by atoms with van der Waals surface area (Å²) in [5.41, 5.74) is 2.58. The van der Waals surface area contributed by atoms with Crippen LogP contribution in [-0.4, -0.2) is 0 Å². The van der Waals surface area contributed by atoms with Crippen LogP contribution >= 0.6 is 0 Å². The second kappa shape index (κ2) is 4.76. The summed E-state index contributed by atoms with van der Waals surface area (Å²) in [4.78, 5) is 0. The summed E-state index contributed by atoms with van der Waals surface area (Å²) in [6, 6.07) is 21.2. The van der Waals surface area contributed by atoms with Crippen LogP contribution in [0.5, 0.6) is 0 Å². The van der Waals surface area contributed by atoms with E-state index in [4.69, 9.17) is 0 Å². The number of benzene rings is 2. The van der Waals surface area contributed by atoms with Gasteiger partial charge in [0, 0.05) is 11.1 Å². The molecule has 2 N–H and O–H groups in total. The van der Waals surface area contributed by atoms with Gasteiger partial charge in [-0.25, -0.2) is 0 Å². The molecule has 76 valence electrons. The fourth-order valence-corrected chi connectivity index (χ4v) is 1.79. The van der Waals surface area contributed by atoms with Crippen LogP contribution in [0.25, 0.3) is 0 Å². The standard InChI is InChI=1S/C14H15N/c1-15-14(12-8-4-2-5-9-12)13-10-6-3-7-11-13/h2-11,14H,1,15H2. The van der Waals surface area contributed by atoms with Crippen LogP contribution < -0.4 is 5.32 Å². The molecule has 0 amide bonds. The molecular weight excluding hydrogens is 182 g/mol. The smallest absolute Gasteiger partial charge is 0.113 e. The van der Waals surface area contributed by atoms with Gasteiger partial charge < -0.3 is 5.32 Å². The lowest BCUT2D eigenvalue weighted by atomic mass is 9.99. The average Bonchev–Trinajstić information content (AvgIpc) is 2.33. The van der Waals surface area contributed by atoms with Crippen molar-refractivity contribution >= 4 is 0 Å². The fourth-order valence-electron chi connectivity index (χ4n) is 1.79. The molecule has 0 atom stereocenters. The highest BCUT2D eigenvalue weighted by atomic mass is 14.9. The Bertz CT molecular complexity index is 355. The Morgan fingerprint density at radius 2 is 1.13 bits per heavy atom. The Kier molecular flexibility index (Phi) is 3.15. The van der Waals surface area contributed by atoms with Crippen LogP contribution in [-0.2, 0) is 0 Å². The van der Waals surface area contributed by atoms with Crippen molar-refractivity contribution in [3.05, 3.63) is 78.8 Å². The van der Waals surface area contributed by atoms with E-state index in [0.29, 0.717) is 6.04 Å². The zero-order valence-electron chi connectivity index (χ0n) is 8.64. The van der Waals surface area contributed by atoms with E-state index in [1.54, 1.807) is 0 Å². The van der Waals surface area contributed by atoms with Crippen LogP contribution in [0.4, 0.5) is 0 Å². The summed E-state index contributed by atoms with van der Waals surface area (Å²) < 4.78 is 0. The third-order valence-corrected chi connectivity index (χ3v) is 2.55. The maximum atomic E-state index is 3.91. The molecule has 15 heavy (non-hydrogen) atoms. The zero-order valence-corrected chi connectivity index (χ0v) is 8.64. The first-order chi connectivity index (χ1) is 7.42. The van der Waals surface area contributed by atoms with E-state index in [1.165, 1.54) is 11.1 Å². The van der Waals surface area contributed by atoms with Crippen LogP contribution in [0.15, 0.2) is 60.7 Å². The van der Waals surface area contributed by atoms with E-state index in [2.05, 4.69) is 55.6 Å². The van der Waals surface area contributed by atoms with Crippen molar-refractivity contribution in [2.45, 2.75) is 6.04 Å². The van der Waals surface area contributed by atoms with Crippen LogP contribution in [0, 0.1) is 7.05 Å². The molecule has 2 rings (SSSR count). The number of rotatable bonds is 3. The lowest BCUT2D eigenvalue weighted by Gasteiger charge is -2.17. The SMILES string of the molecule is [CH2-][NH2+]C(c1ccccc1)c1ccccc1. The molecule has 1 heteroatoms. The van der Waals surface area contributed by atoms with E-state index in [1.807, 2.05) is 17.4 Å². The van der Waals surface area contributed by atoms with Gasteiger partial charge >= 0.3 is 0 Å². The third-order valence-electron chi connectivity index (χ3n) is 2.55. The maximum absolute atomic E-state index is 3.91. The van der Waals surface area contributed by atoms with Crippen molar-refractivity contribution in [3.63, 3.8) is 0 Å². The molecular formula is C14H15N. The van der Waals surface area contributed by atoms with Crippen molar-refractivity contribution < 1.29 is 5.32 Å². The second-order valence-corrected chi connectivity index (χ2v) is 3.53. The molecule has 0 aromatic heterocycles. The molecule has 0 spiro atoms. The first-order valence-corrected chi connectivity index (χ1v) is 5.14. The number of nitrogens with two attached hydrogens (primary N) is 1. The third kappa shape index (κ3) is 2.25. The van der Waals surface area contributed by atoms with Crippen LogP contribution in [0.1, 0.15) is 17.2 Å². The van der Waals surface area contributed by atoms with Gasteiger partial charge in [-0.1, -0.05) is 60.7 Å². The van der Waals surface area contributed by atoms with Gasteiger partial charge in [0.1, 0.15) is 6.04 Å². The first kappa shape index (κ1) is 9.94. The van der Waals surface area contributed by atoms with Crippen molar-refractivity contribution in [2.75, 3.05) is 0 Å². The summed E-state index contributed by atoms with van der Waals surface area (Å²) in [6.45, 7) is 0. The van der Waals surface area contributed by atoms with Gasteiger partial charge in [0.25, 0.3) is 0 Å². The molecule has 0 aliphatic heterocycles. The topological polar surface area (TPSA) is 16.6 Å². The predicted molar refractivity (Wildman–Crippen MR) is 62.0 cm³/mol. The highest BCUT2D eigenvalue weighted by Crippen LogP contribution is 2.17. The molecule has 0 heterocycles. The largest absolute Gasteiger partial charge is 0.469 e. The Hall–Kier alpha value is -1.60. The number of hydrogen-bond donors (Lipinski definition) is 1. The minimum Gasteiger partial charge on any atom is -0.469 e. The van der Waals surface area contributed by atoms with Gasteiger partial charge in [0.2, 0.25) is 0 Å². The number of hydrogen-bond acceptors (Lipinski definition) is 0. The molecule has 0 saturated carbocycles. The molecule has 2 aromatic carbocycles. The van der Waals surface area contributed by atoms with E-state index in [-0.39, 0.29) is 0 Å².